The van der Waals surface area contributed by atoms with Crippen molar-refractivity contribution in [1.82, 2.24) is 5.16 Å². The van der Waals surface area contributed by atoms with Crippen molar-refractivity contribution in [3.63, 3.8) is 0 Å². The van der Waals surface area contributed by atoms with Gasteiger partial charge in [0.05, 0.1) is 7.11 Å². The van der Waals surface area contributed by atoms with Crippen LogP contribution in [0.4, 0.5) is 0 Å². The zero-order valence-corrected chi connectivity index (χ0v) is 7.50. The van der Waals surface area contributed by atoms with E-state index in [2.05, 4.69) is 9.89 Å². The lowest BCUT2D eigenvalue weighted by Crippen LogP contribution is -2.08. The summed E-state index contributed by atoms with van der Waals surface area (Å²) in [4.78, 5) is 11.2. The number of fused-ring (bicyclic) bond motifs is 1. The zero-order valence-electron chi connectivity index (χ0n) is 7.50. The van der Waals surface area contributed by atoms with Crippen LogP contribution in [0.2, 0.25) is 0 Å². The third-order valence-corrected chi connectivity index (χ3v) is 2.33. The van der Waals surface area contributed by atoms with Gasteiger partial charge in [0.1, 0.15) is 5.76 Å². The molecule has 0 spiro atoms. The van der Waals surface area contributed by atoms with Crippen LogP contribution in [-0.2, 0) is 17.6 Å². The van der Waals surface area contributed by atoms with E-state index in [0.29, 0.717) is 5.69 Å². The van der Waals surface area contributed by atoms with E-state index in [1.54, 1.807) is 0 Å². The number of methoxy groups -OCH3 is 1. The van der Waals surface area contributed by atoms with Crippen LogP contribution < -0.4 is 0 Å². The molecule has 0 atom stereocenters. The molecule has 1 heterocycles. The van der Waals surface area contributed by atoms with E-state index in [4.69, 9.17) is 4.52 Å². The van der Waals surface area contributed by atoms with Gasteiger partial charge >= 0.3 is 5.97 Å². The molecule has 1 aromatic rings. The van der Waals surface area contributed by atoms with E-state index in [9.17, 15) is 4.79 Å². The van der Waals surface area contributed by atoms with E-state index in [-0.39, 0.29) is 0 Å². The molecule has 0 amide bonds. The summed E-state index contributed by atoms with van der Waals surface area (Å²) in [6.45, 7) is 0. The number of rotatable bonds is 1. The molecule has 4 nitrogen and oxygen atoms in total. The SMILES string of the molecule is COC(=O)c1noc2c1CCCC2. The number of carbonyl (C=O) groups is 1. The highest BCUT2D eigenvalue weighted by atomic mass is 16.5. The van der Waals surface area contributed by atoms with Crippen LogP contribution in [0.3, 0.4) is 0 Å². The van der Waals surface area contributed by atoms with Crippen molar-refractivity contribution in [3.8, 4) is 0 Å². The Kier molecular flexibility index (Phi) is 2.04. The van der Waals surface area contributed by atoms with Crippen LogP contribution in [0.5, 0.6) is 0 Å². The molecule has 13 heavy (non-hydrogen) atoms. The Hall–Kier alpha value is -1.32. The van der Waals surface area contributed by atoms with E-state index in [1.165, 1.54) is 7.11 Å². The minimum absolute atomic E-state index is 0.359. The largest absolute Gasteiger partial charge is 0.464 e. The number of hydrogen-bond donors (Lipinski definition) is 0. The van der Waals surface area contributed by atoms with Crippen molar-refractivity contribution in [2.24, 2.45) is 0 Å². The molecule has 0 fully saturated rings. The molecule has 1 aliphatic carbocycles. The molecule has 4 heteroatoms. The summed E-state index contributed by atoms with van der Waals surface area (Å²) in [6, 6.07) is 0. The minimum Gasteiger partial charge on any atom is -0.464 e. The first-order valence-corrected chi connectivity index (χ1v) is 4.38. The molecule has 0 unspecified atom stereocenters. The Morgan fingerprint density at radius 3 is 3.00 bits per heavy atom. The Labute approximate surface area is 75.9 Å². The molecule has 1 aromatic heterocycles. The first-order valence-electron chi connectivity index (χ1n) is 4.38. The fraction of sp³-hybridized carbons (Fsp3) is 0.556. The number of hydrogen-bond acceptors (Lipinski definition) is 4. The molecule has 0 bridgehead atoms. The number of aromatic nitrogens is 1. The highest BCUT2D eigenvalue weighted by molar-refractivity contribution is 5.88. The number of esters is 1. The minimum atomic E-state index is -0.396. The maximum atomic E-state index is 11.2. The lowest BCUT2D eigenvalue weighted by Gasteiger charge is -2.07. The molecule has 0 radical (unpaired) electrons. The van der Waals surface area contributed by atoms with Crippen molar-refractivity contribution in [2.75, 3.05) is 7.11 Å². The summed E-state index contributed by atoms with van der Waals surface area (Å²) in [5.74, 6) is 0.457. The van der Waals surface area contributed by atoms with Crippen LogP contribution in [0.25, 0.3) is 0 Å². The van der Waals surface area contributed by atoms with Gasteiger partial charge in [-0.05, 0) is 19.3 Å². The van der Waals surface area contributed by atoms with E-state index in [0.717, 1.165) is 37.0 Å². The number of ether oxygens (including phenoxy) is 1. The quantitative estimate of drug-likeness (QED) is 0.613. The van der Waals surface area contributed by atoms with Crippen LogP contribution >= 0.6 is 0 Å². The maximum Gasteiger partial charge on any atom is 0.360 e. The fourth-order valence-corrected chi connectivity index (χ4v) is 1.64. The van der Waals surface area contributed by atoms with Gasteiger partial charge in [0.25, 0.3) is 0 Å². The highest BCUT2D eigenvalue weighted by Crippen LogP contribution is 2.24. The van der Waals surface area contributed by atoms with Gasteiger partial charge in [0, 0.05) is 12.0 Å². The summed E-state index contributed by atoms with van der Waals surface area (Å²) in [6.07, 6.45) is 3.98. The standard InChI is InChI=1S/C9H11NO3/c1-12-9(11)8-6-4-2-3-5-7(6)13-10-8/h2-5H2,1H3. The van der Waals surface area contributed by atoms with Crippen LogP contribution in [0.15, 0.2) is 4.52 Å². The van der Waals surface area contributed by atoms with Gasteiger partial charge in [-0.3, -0.25) is 0 Å². The Balaban J connectivity index is 2.36. The van der Waals surface area contributed by atoms with Crippen LogP contribution in [0, 0.1) is 0 Å². The third kappa shape index (κ3) is 1.32. The van der Waals surface area contributed by atoms with Gasteiger partial charge in [0.2, 0.25) is 0 Å². The lowest BCUT2D eigenvalue weighted by molar-refractivity contribution is 0.0588. The molecule has 2 rings (SSSR count). The average molecular weight is 181 g/mol. The van der Waals surface area contributed by atoms with Crippen molar-refractivity contribution in [3.05, 3.63) is 17.0 Å². The van der Waals surface area contributed by atoms with Gasteiger partial charge in [-0.1, -0.05) is 5.16 Å². The monoisotopic (exact) mass is 181 g/mol. The van der Waals surface area contributed by atoms with E-state index < -0.39 is 5.97 Å². The van der Waals surface area contributed by atoms with Gasteiger partial charge in [-0.25, -0.2) is 4.79 Å². The molecule has 0 aromatic carbocycles. The summed E-state index contributed by atoms with van der Waals surface area (Å²) >= 11 is 0. The van der Waals surface area contributed by atoms with E-state index in [1.807, 2.05) is 0 Å². The highest BCUT2D eigenvalue weighted by Gasteiger charge is 2.24. The van der Waals surface area contributed by atoms with Gasteiger partial charge in [-0.2, -0.15) is 0 Å². The summed E-state index contributed by atoms with van der Waals surface area (Å²) in [5, 5.41) is 3.72. The van der Waals surface area contributed by atoms with E-state index >= 15 is 0 Å². The predicted octanol–water partition coefficient (Wildman–Crippen LogP) is 1.34. The topological polar surface area (TPSA) is 52.3 Å². The predicted molar refractivity (Wildman–Crippen MR) is 44.5 cm³/mol. The molecule has 0 saturated carbocycles. The van der Waals surface area contributed by atoms with Gasteiger partial charge in [0.15, 0.2) is 5.69 Å². The zero-order chi connectivity index (χ0) is 9.26. The number of aryl methyl sites for hydroxylation is 1. The van der Waals surface area contributed by atoms with Crippen molar-refractivity contribution >= 4 is 5.97 Å². The van der Waals surface area contributed by atoms with Crippen molar-refractivity contribution in [1.29, 1.82) is 0 Å². The Bertz CT molecular complexity index is 330. The molecule has 0 saturated heterocycles. The smallest absolute Gasteiger partial charge is 0.360 e. The first kappa shape index (κ1) is 8.29. The summed E-state index contributed by atoms with van der Waals surface area (Å²) < 4.78 is 9.66. The second-order valence-electron chi connectivity index (χ2n) is 3.13. The number of carbonyl (C=O) groups excluding carboxylic acids is 1. The Morgan fingerprint density at radius 1 is 1.46 bits per heavy atom. The summed E-state index contributed by atoms with van der Waals surface area (Å²) in [7, 11) is 1.35. The van der Waals surface area contributed by atoms with Crippen LogP contribution in [-0.4, -0.2) is 18.2 Å². The maximum absolute atomic E-state index is 11.2. The molecular weight excluding hydrogens is 170 g/mol. The summed E-state index contributed by atoms with van der Waals surface area (Å²) in [5.41, 5.74) is 1.30. The fourth-order valence-electron chi connectivity index (χ4n) is 1.64. The average Bonchev–Trinajstić information content (AvgIpc) is 2.60. The molecule has 70 valence electrons. The van der Waals surface area contributed by atoms with Crippen molar-refractivity contribution < 1.29 is 14.1 Å². The number of nitrogens with zero attached hydrogens (tertiary/aromatic N) is 1. The Morgan fingerprint density at radius 2 is 2.23 bits per heavy atom. The van der Waals surface area contributed by atoms with Gasteiger partial charge in [-0.15, -0.1) is 0 Å². The second kappa shape index (κ2) is 3.20. The molecule has 0 N–H and O–H groups in total. The normalized spacial score (nSPS) is 15.2. The molecular formula is C9H11NO3. The van der Waals surface area contributed by atoms with Gasteiger partial charge < -0.3 is 9.26 Å². The van der Waals surface area contributed by atoms with Crippen molar-refractivity contribution in [2.45, 2.75) is 25.7 Å². The lowest BCUT2D eigenvalue weighted by atomic mass is 9.96. The second-order valence-corrected chi connectivity index (χ2v) is 3.13. The molecule has 1 aliphatic rings. The van der Waals surface area contributed by atoms with Crippen LogP contribution in [0.1, 0.15) is 34.7 Å². The molecule has 0 aliphatic heterocycles. The first-order chi connectivity index (χ1) is 6.33. The third-order valence-electron chi connectivity index (χ3n) is 2.33.